The minimum atomic E-state index is -1.73. The molecule has 1 saturated heterocycles. The van der Waals surface area contributed by atoms with Crippen molar-refractivity contribution >= 4 is 71.1 Å². The van der Waals surface area contributed by atoms with E-state index < -0.39 is 139 Å². The molecule has 0 spiro atoms. The standard InChI is InChI=1S/C44H79N15O14/c1-23(2)19-29(56-39(68)30(20-34(62)63)57-38(67)27(12-5-7-15-45)54-36(65)26(47)11-9-17-50-44(48)49)37(66)51-21-33(61)52-25(4)42(71)59-18-10-14-32(59)41(70)53-24(3)35(64)58-31(22-60)40(69)55-28(43(72)73)13-6-8-16-46/h23-32,60H,5-22,45-47H2,1-4H3,(H,51,66)(H,52,61)(H,53,70)(H,54,65)(H,55,69)(H,56,68)(H,57,67)(H,58,64)(H,62,63)(H,72,73)(H4,48,49,50)/t24-,25-,26-,27-,28-,29-,30-,31-,32-/m0/s1. The Kier molecular flexibility index (Phi) is 29.8. The number of aliphatic imine (C=N–C) groups is 1. The molecule has 0 aromatic carbocycles. The zero-order valence-electron chi connectivity index (χ0n) is 42.1. The molecule has 1 heterocycles. The quantitative estimate of drug-likeness (QED) is 0.0159. The Balaban J connectivity index is 2.96. The van der Waals surface area contributed by atoms with Gasteiger partial charge in [-0.15, -0.1) is 0 Å². The van der Waals surface area contributed by atoms with Crippen molar-refractivity contribution in [3.63, 3.8) is 0 Å². The van der Waals surface area contributed by atoms with Crippen LogP contribution >= 0.6 is 0 Å². The van der Waals surface area contributed by atoms with Gasteiger partial charge in [0.25, 0.3) is 0 Å². The fourth-order valence-corrected chi connectivity index (χ4v) is 7.41. The van der Waals surface area contributed by atoms with Crippen LogP contribution in [0.5, 0.6) is 0 Å². The number of hydrogen-bond donors (Lipinski definition) is 16. The largest absolute Gasteiger partial charge is 0.481 e. The van der Waals surface area contributed by atoms with E-state index in [4.69, 9.17) is 28.7 Å². The molecular formula is C44H79N15O14. The number of carbonyl (C=O) groups is 11. The number of carboxylic acids is 2. The van der Waals surface area contributed by atoms with Crippen LogP contribution in [0.3, 0.4) is 0 Å². The Bertz CT molecular complexity index is 1920. The minimum Gasteiger partial charge on any atom is -0.481 e. The van der Waals surface area contributed by atoms with Crippen molar-refractivity contribution in [2.24, 2.45) is 39.6 Å². The molecule has 0 radical (unpaired) electrons. The number of carbonyl (C=O) groups excluding carboxylic acids is 9. The third-order valence-electron chi connectivity index (χ3n) is 11.4. The summed E-state index contributed by atoms with van der Waals surface area (Å²) in [5, 5.41) is 48.1. The van der Waals surface area contributed by atoms with Crippen LogP contribution in [-0.2, 0) is 52.7 Å². The highest BCUT2D eigenvalue weighted by molar-refractivity contribution is 5.98. The number of aliphatic hydroxyl groups is 1. The van der Waals surface area contributed by atoms with E-state index in [0.29, 0.717) is 45.1 Å². The first-order valence-corrected chi connectivity index (χ1v) is 24.3. The van der Waals surface area contributed by atoms with Crippen LogP contribution in [0.15, 0.2) is 4.99 Å². The number of hydrogen-bond acceptors (Lipinski definition) is 16. The number of nitrogens with two attached hydrogens (primary N) is 5. The fraction of sp³-hybridized carbons (Fsp3) is 0.727. The number of likely N-dealkylation sites (tertiary alicyclic amines) is 1. The summed E-state index contributed by atoms with van der Waals surface area (Å²) < 4.78 is 0. The molecule has 0 aromatic rings. The molecular weight excluding hydrogens is 963 g/mol. The van der Waals surface area contributed by atoms with Gasteiger partial charge in [-0.2, -0.15) is 0 Å². The third-order valence-corrected chi connectivity index (χ3v) is 11.4. The number of nitrogens with zero attached hydrogens (tertiary/aromatic N) is 2. The van der Waals surface area contributed by atoms with Crippen LogP contribution in [0.25, 0.3) is 0 Å². The average molecular weight is 1040 g/mol. The number of amides is 9. The van der Waals surface area contributed by atoms with E-state index in [1.54, 1.807) is 13.8 Å². The molecule has 21 N–H and O–H groups in total. The van der Waals surface area contributed by atoms with E-state index in [0.717, 1.165) is 0 Å². The van der Waals surface area contributed by atoms with Gasteiger partial charge in [0.1, 0.15) is 48.3 Å². The summed E-state index contributed by atoms with van der Waals surface area (Å²) in [6.45, 7) is 5.42. The van der Waals surface area contributed by atoms with Crippen molar-refractivity contribution in [3.8, 4) is 0 Å². The summed E-state index contributed by atoms with van der Waals surface area (Å²) in [4.78, 5) is 148. The molecule has 29 nitrogen and oxygen atoms in total. The molecule has 73 heavy (non-hydrogen) atoms. The van der Waals surface area contributed by atoms with Crippen molar-refractivity contribution in [2.75, 3.05) is 39.3 Å². The lowest BCUT2D eigenvalue weighted by Gasteiger charge is -2.28. The molecule has 1 fully saturated rings. The first-order chi connectivity index (χ1) is 34.4. The number of aliphatic hydroxyl groups excluding tert-OH is 1. The number of aliphatic carboxylic acids is 2. The molecule has 0 saturated carbocycles. The van der Waals surface area contributed by atoms with Crippen molar-refractivity contribution in [3.05, 3.63) is 0 Å². The van der Waals surface area contributed by atoms with Crippen LogP contribution in [0.2, 0.25) is 0 Å². The monoisotopic (exact) mass is 1040 g/mol. The molecule has 1 aliphatic rings. The van der Waals surface area contributed by atoms with Gasteiger partial charge in [-0.1, -0.05) is 13.8 Å². The molecule has 9 amide bonds. The van der Waals surface area contributed by atoms with Gasteiger partial charge < -0.3 is 91.4 Å². The van der Waals surface area contributed by atoms with Crippen molar-refractivity contribution in [1.29, 1.82) is 0 Å². The highest BCUT2D eigenvalue weighted by atomic mass is 16.4. The van der Waals surface area contributed by atoms with Crippen LogP contribution in [0, 0.1) is 5.92 Å². The summed E-state index contributed by atoms with van der Waals surface area (Å²) in [6.07, 6.45) is 2.04. The van der Waals surface area contributed by atoms with Crippen LogP contribution in [0.4, 0.5) is 0 Å². The van der Waals surface area contributed by atoms with E-state index in [1.807, 2.05) is 0 Å². The topological polar surface area (TPSA) is 490 Å². The lowest BCUT2D eigenvalue weighted by molar-refractivity contribution is -0.143. The van der Waals surface area contributed by atoms with E-state index >= 15 is 0 Å². The fourth-order valence-electron chi connectivity index (χ4n) is 7.41. The second kappa shape index (κ2) is 33.8. The Hall–Kier alpha value is -6.72. The van der Waals surface area contributed by atoms with Crippen LogP contribution in [0.1, 0.15) is 105 Å². The number of nitrogens with one attached hydrogen (secondary N) is 8. The Morgan fingerprint density at radius 2 is 1.18 bits per heavy atom. The summed E-state index contributed by atoms with van der Waals surface area (Å²) in [5.74, 6) is -10.8. The highest BCUT2D eigenvalue weighted by Crippen LogP contribution is 2.19. The van der Waals surface area contributed by atoms with Crippen molar-refractivity contribution < 1.29 is 68.1 Å². The SMILES string of the molecule is CC(C)C[C@H](NC(=O)[C@H](CC(=O)O)NC(=O)[C@H](CCCCN)NC(=O)[C@@H](N)CCCN=C(N)N)C(=O)NCC(=O)N[C@@H](C)C(=O)N1CCC[C@H]1C(=O)N[C@@H](C)C(=O)N[C@@H](CO)C(=O)N[C@@H](CCCCN)C(=O)O. The van der Waals surface area contributed by atoms with E-state index in [-0.39, 0.29) is 63.6 Å². The first-order valence-electron chi connectivity index (χ1n) is 24.3. The summed E-state index contributed by atoms with van der Waals surface area (Å²) in [6, 6.07) is -11.8. The molecule has 1 rings (SSSR count). The van der Waals surface area contributed by atoms with E-state index in [1.165, 1.54) is 18.7 Å². The van der Waals surface area contributed by atoms with Gasteiger partial charge >= 0.3 is 11.9 Å². The molecule has 0 aromatic heterocycles. The van der Waals surface area contributed by atoms with E-state index in [9.17, 15) is 68.1 Å². The highest BCUT2D eigenvalue weighted by Gasteiger charge is 2.38. The third kappa shape index (κ3) is 24.5. The number of carboxylic acid groups (broad SMARTS) is 2. The van der Waals surface area contributed by atoms with E-state index in [2.05, 4.69) is 47.5 Å². The van der Waals surface area contributed by atoms with Gasteiger partial charge in [0, 0.05) is 13.1 Å². The van der Waals surface area contributed by atoms with Crippen molar-refractivity contribution in [2.45, 2.75) is 159 Å². The molecule has 414 valence electrons. The second-order valence-electron chi connectivity index (χ2n) is 18.1. The molecule has 9 atom stereocenters. The number of guanidine groups is 1. The number of rotatable bonds is 35. The maximum absolute atomic E-state index is 13.6. The zero-order chi connectivity index (χ0) is 55.4. The molecule has 1 aliphatic heterocycles. The first kappa shape index (κ1) is 64.3. The van der Waals surface area contributed by atoms with Crippen LogP contribution < -0.4 is 71.2 Å². The lowest BCUT2D eigenvalue weighted by atomic mass is 10.0. The Labute approximate surface area is 423 Å². The minimum absolute atomic E-state index is 0.000118. The lowest BCUT2D eigenvalue weighted by Crippen LogP contribution is -2.59. The van der Waals surface area contributed by atoms with Gasteiger partial charge in [-0.3, -0.25) is 52.9 Å². The predicted molar refractivity (Wildman–Crippen MR) is 263 cm³/mol. The molecule has 0 unspecified atom stereocenters. The van der Waals surface area contributed by atoms with Gasteiger partial charge in [-0.25, -0.2) is 4.79 Å². The second-order valence-corrected chi connectivity index (χ2v) is 18.1. The van der Waals surface area contributed by atoms with Gasteiger partial charge in [0.05, 0.1) is 25.6 Å². The smallest absolute Gasteiger partial charge is 0.326 e. The maximum Gasteiger partial charge on any atom is 0.326 e. The van der Waals surface area contributed by atoms with Crippen molar-refractivity contribution in [1.82, 2.24) is 47.4 Å². The Morgan fingerprint density at radius 3 is 1.74 bits per heavy atom. The average Bonchev–Trinajstić information content (AvgIpc) is 3.82. The normalized spacial score (nSPS) is 16.4. The predicted octanol–water partition coefficient (Wildman–Crippen LogP) is -6.24. The zero-order valence-corrected chi connectivity index (χ0v) is 42.1. The maximum atomic E-state index is 13.6. The summed E-state index contributed by atoms with van der Waals surface area (Å²) in [7, 11) is 0. The Morgan fingerprint density at radius 1 is 0.630 bits per heavy atom. The molecule has 0 bridgehead atoms. The molecule has 0 aliphatic carbocycles. The van der Waals surface area contributed by atoms with Gasteiger partial charge in [0.15, 0.2) is 5.96 Å². The summed E-state index contributed by atoms with van der Waals surface area (Å²) in [5.41, 5.74) is 27.7. The molecule has 29 heteroatoms. The van der Waals surface area contributed by atoms with Crippen LogP contribution in [-0.4, -0.2) is 185 Å². The summed E-state index contributed by atoms with van der Waals surface area (Å²) >= 11 is 0. The van der Waals surface area contributed by atoms with Gasteiger partial charge in [0.2, 0.25) is 53.2 Å². The number of unbranched alkanes of at least 4 members (excludes halogenated alkanes) is 2. The van der Waals surface area contributed by atoms with Gasteiger partial charge in [-0.05, 0) is 103 Å².